The number of anilines is 1. The van der Waals surface area contributed by atoms with Crippen LogP contribution in [0.3, 0.4) is 0 Å². The van der Waals surface area contributed by atoms with Crippen LogP contribution in [0.15, 0.2) is 53.1 Å². The number of carbonyl (C=O) groups is 1. The number of carbonyl (C=O) groups excluding carboxylic acids is 1. The highest BCUT2D eigenvalue weighted by Crippen LogP contribution is 2.16. The highest BCUT2D eigenvalue weighted by molar-refractivity contribution is 5.91. The molecule has 0 saturated carbocycles. The predicted octanol–water partition coefficient (Wildman–Crippen LogP) is 2.63. The Labute approximate surface area is 118 Å². The Morgan fingerprint density at radius 2 is 1.80 bits per heavy atom. The molecule has 2 heterocycles. The maximum absolute atomic E-state index is 12.3. The number of hydrogen-bond acceptors (Lipinski definition) is 3. The van der Waals surface area contributed by atoms with E-state index in [1.807, 2.05) is 23.1 Å². The molecular weight excluding hydrogens is 252 g/mol. The van der Waals surface area contributed by atoms with Crippen molar-refractivity contribution >= 4 is 11.6 Å². The van der Waals surface area contributed by atoms with Crippen LogP contribution in [-0.2, 0) is 0 Å². The molecule has 0 spiro atoms. The summed E-state index contributed by atoms with van der Waals surface area (Å²) in [7, 11) is 0. The van der Waals surface area contributed by atoms with E-state index < -0.39 is 0 Å². The molecule has 0 atom stereocenters. The highest BCUT2D eigenvalue weighted by Gasteiger charge is 2.21. The second-order valence-corrected chi connectivity index (χ2v) is 4.95. The van der Waals surface area contributed by atoms with Gasteiger partial charge in [-0.3, -0.25) is 4.79 Å². The first kappa shape index (κ1) is 12.8. The van der Waals surface area contributed by atoms with E-state index in [-0.39, 0.29) is 5.91 Å². The standard InChI is InChI=1S/C16H18N2O2/c19-16(15-8-4-13-20-15)18-10-5-9-17(11-12-18)14-6-2-1-3-7-14/h1-4,6-8,13H,5,9-12H2. The molecule has 0 N–H and O–H groups in total. The molecule has 104 valence electrons. The largest absolute Gasteiger partial charge is 0.459 e. The molecule has 0 aliphatic carbocycles. The first-order valence-corrected chi connectivity index (χ1v) is 6.97. The van der Waals surface area contributed by atoms with Gasteiger partial charge in [-0.1, -0.05) is 18.2 Å². The van der Waals surface area contributed by atoms with E-state index in [1.165, 1.54) is 5.69 Å². The Balaban J connectivity index is 1.67. The van der Waals surface area contributed by atoms with Crippen molar-refractivity contribution in [1.29, 1.82) is 0 Å². The van der Waals surface area contributed by atoms with Crippen LogP contribution in [0, 0.1) is 0 Å². The second kappa shape index (κ2) is 5.82. The third kappa shape index (κ3) is 2.69. The summed E-state index contributed by atoms with van der Waals surface area (Å²) in [5, 5.41) is 0. The van der Waals surface area contributed by atoms with Gasteiger partial charge in [-0.25, -0.2) is 0 Å². The van der Waals surface area contributed by atoms with Crippen LogP contribution in [0.1, 0.15) is 17.0 Å². The number of rotatable bonds is 2. The fourth-order valence-corrected chi connectivity index (χ4v) is 2.57. The Morgan fingerprint density at radius 3 is 2.55 bits per heavy atom. The number of benzene rings is 1. The maximum Gasteiger partial charge on any atom is 0.289 e. The summed E-state index contributed by atoms with van der Waals surface area (Å²) >= 11 is 0. The molecule has 1 fully saturated rings. The molecule has 4 heteroatoms. The fourth-order valence-electron chi connectivity index (χ4n) is 2.57. The van der Waals surface area contributed by atoms with Crippen molar-refractivity contribution in [1.82, 2.24) is 4.90 Å². The first-order valence-electron chi connectivity index (χ1n) is 6.97. The third-order valence-corrected chi connectivity index (χ3v) is 3.64. The van der Waals surface area contributed by atoms with Gasteiger partial charge in [0.1, 0.15) is 0 Å². The zero-order valence-electron chi connectivity index (χ0n) is 11.4. The molecule has 1 amide bonds. The lowest BCUT2D eigenvalue weighted by molar-refractivity contribution is 0.0735. The minimum absolute atomic E-state index is 0.00934. The number of furan rings is 1. The van der Waals surface area contributed by atoms with Gasteiger partial charge in [-0.15, -0.1) is 0 Å². The number of hydrogen-bond donors (Lipinski definition) is 0. The Kier molecular flexibility index (Phi) is 3.72. The van der Waals surface area contributed by atoms with E-state index in [9.17, 15) is 4.79 Å². The minimum atomic E-state index is -0.00934. The average molecular weight is 270 g/mol. The molecule has 20 heavy (non-hydrogen) atoms. The van der Waals surface area contributed by atoms with Crippen LogP contribution in [0.5, 0.6) is 0 Å². The van der Waals surface area contributed by atoms with E-state index in [0.29, 0.717) is 5.76 Å². The summed E-state index contributed by atoms with van der Waals surface area (Å²) in [6, 6.07) is 13.8. The lowest BCUT2D eigenvalue weighted by Gasteiger charge is -2.23. The Bertz CT molecular complexity index is 551. The zero-order valence-corrected chi connectivity index (χ0v) is 11.4. The van der Waals surface area contributed by atoms with Crippen molar-refractivity contribution in [3.63, 3.8) is 0 Å². The van der Waals surface area contributed by atoms with Crippen LogP contribution >= 0.6 is 0 Å². The summed E-state index contributed by atoms with van der Waals surface area (Å²) < 4.78 is 5.20. The average Bonchev–Trinajstić information content (AvgIpc) is 2.92. The zero-order chi connectivity index (χ0) is 13.8. The van der Waals surface area contributed by atoms with Gasteiger partial charge in [-0.05, 0) is 30.7 Å². The van der Waals surface area contributed by atoms with Crippen molar-refractivity contribution in [2.24, 2.45) is 0 Å². The van der Waals surface area contributed by atoms with Gasteiger partial charge in [0, 0.05) is 31.9 Å². The molecule has 1 aromatic carbocycles. The van der Waals surface area contributed by atoms with E-state index in [2.05, 4.69) is 17.0 Å². The van der Waals surface area contributed by atoms with E-state index >= 15 is 0 Å². The molecule has 1 aromatic heterocycles. The van der Waals surface area contributed by atoms with E-state index in [1.54, 1.807) is 18.4 Å². The van der Waals surface area contributed by atoms with Crippen LogP contribution in [-0.4, -0.2) is 37.0 Å². The van der Waals surface area contributed by atoms with E-state index in [4.69, 9.17) is 4.42 Å². The molecule has 0 radical (unpaired) electrons. The lowest BCUT2D eigenvalue weighted by atomic mass is 10.3. The molecular formula is C16H18N2O2. The van der Waals surface area contributed by atoms with Crippen molar-refractivity contribution in [2.75, 3.05) is 31.1 Å². The summed E-state index contributed by atoms with van der Waals surface area (Å²) in [5.41, 5.74) is 1.22. The topological polar surface area (TPSA) is 36.7 Å². The van der Waals surface area contributed by atoms with Gasteiger partial charge in [0.2, 0.25) is 0 Å². The van der Waals surface area contributed by atoms with Crippen molar-refractivity contribution < 1.29 is 9.21 Å². The van der Waals surface area contributed by atoms with Crippen molar-refractivity contribution in [3.05, 3.63) is 54.5 Å². The summed E-state index contributed by atoms with van der Waals surface area (Å²) in [6.45, 7) is 3.35. The third-order valence-electron chi connectivity index (χ3n) is 3.64. The van der Waals surface area contributed by atoms with Crippen molar-refractivity contribution in [2.45, 2.75) is 6.42 Å². The van der Waals surface area contributed by atoms with Gasteiger partial charge in [-0.2, -0.15) is 0 Å². The summed E-state index contributed by atoms with van der Waals surface area (Å²) in [4.78, 5) is 16.5. The van der Waals surface area contributed by atoms with Gasteiger partial charge in [0.25, 0.3) is 5.91 Å². The van der Waals surface area contributed by atoms with Gasteiger partial charge in [0.05, 0.1) is 6.26 Å². The lowest BCUT2D eigenvalue weighted by Crippen LogP contribution is -2.35. The fraction of sp³-hybridized carbons (Fsp3) is 0.312. The van der Waals surface area contributed by atoms with Crippen LogP contribution in [0.25, 0.3) is 0 Å². The molecule has 1 saturated heterocycles. The van der Waals surface area contributed by atoms with E-state index in [0.717, 1.165) is 32.6 Å². The number of amides is 1. The smallest absolute Gasteiger partial charge is 0.289 e. The molecule has 3 rings (SSSR count). The number of nitrogens with zero attached hydrogens (tertiary/aromatic N) is 2. The van der Waals surface area contributed by atoms with Crippen molar-refractivity contribution in [3.8, 4) is 0 Å². The first-order chi connectivity index (χ1) is 9.84. The number of para-hydroxylation sites is 1. The summed E-state index contributed by atoms with van der Waals surface area (Å²) in [6.07, 6.45) is 2.52. The monoisotopic (exact) mass is 270 g/mol. The molecule has 1 aliphatic heterocycles. The van der Waals surface area contributed by atoms with Gasteiger partial charge >= 0.3 is 0 Å². The molecule has 1 aliphatic rings. The Hall–Kier alpha value is -2.23. The molecule has 2 aromatic rings. The van der Waals surface area contributed by atoms with Crippen LogP contribution < -0.4 is 4.90 Å². The van der Waals surface area contributed by atoms with Gasteiger partial charge in [0.15, 0.2) is 5.76 Å². The Morgan fingerprint density at radius 1 is 0.950 bits per heavy atom. The van der Waals surface area contributed by atoms with Crippen LogP contribution in [0.2, 0.25) is 0 Å². The normalized spacial score (nSPS) is 16.0. The molecule has 0 bridgehead atoms. The maximum atomic E-state index is 12.3. The highest BCUT2D eigenvalue weighted by atomic mass is 16.3. The molecule has 0 unspecified atom stereocenters. The quantitative estimate of drug-likeness (QED) is 0.841. The summed E-state index contributed by atoms with van der Waals surface area (Å²) in [5.74, 6) is 0.420. The predicted molar refractivity (Wildman–Crippen MR) is 77.9 cm³/mol. The molecule has 4 nitrogen and oxygen atoms in total. The SMILES string of the molecule is O=C(c1ccco1)N1CCCN(c2ccccc2)CC1. The second-order valence-electron chi connectivity index (χ2n) is 4.95. The minimum Gasteiger partial charge on any atom is -0.459 e. The van der Waals surface area contributed by atoms with Gasteiger partial charge < -0.3 is 14.2 Å². The van der Waals surface area contributed by atoms with Crippen LogP contribution in [0.4, 0.5) is 5.69 Å².